The fraction of sp³-hybridized carbons (Fsp3) is 0.393. The molecule has 0 radical (unpaired) electrons. The van der Waals surface area contributed by atoms with Crippen molar-refractivity contribution in [2.75, 3.05) is 19.0 Å². The Kier molecular flexibility index (Phi) is 9.83. The topological polar surface area (TPSA) is 91.8 Å². The number of halogens is 2. The standard InChI is InChI=1S/C28H33ClFN3O4/c1-28(2,36)14-6-9-23(33(3)26(34)13-11-19-10-12-22(30)16-24(19)29)18-37-27(35)32-25-15-20-7-4-5-8-21(20)17-31-25/h4-5,7-8,10,12,15-17,23,36H,6,9,11,13-14,18H2,1-3H3,(H,31,32,35)/t23-/m0/s1. The maximum absolute atomic E-state index is 13.3. The Morgan fingerprint density at radius 1 is 1.19 bits per heavy atom. The van der Waals surface area contributed by atoms with Crippen molar-refractivity contribution in [2.24, 2.45) is 0 Å². The Bertz CT molecular complexity index is 1230. The fourth-order valence-electron chi connectivity index (χ4n) is 3.97. The van der Waals surface area contributed by atoms with Crippen molar-refractivity contribution in [1.29, 1.82) is 0 Å². The summed E-state index contributed by atoms with van der Waals surface area (Å²) in [7, 11) is 1.66. The molecular formula is C28H33ClFN3O4. The zero-order chi connectivity index (χ0) is 27.0. The summed E-state index contributed by atoms with van der Waals surface area (Å²) in [5, 5.41) is 14.9. The van der Waals surface area contributed by atoms with Gasteiger partial charge < -0.3 is 14.7 Å². The normalized spacial score (nSPS) is 12.3. The van der Waals surface area contributed by atoms with E-state index < -0.39 is 23.6 Å². The number of aryl methyl sites for hydroxylation is 1. The molecule has 2 aromatic carbocycles. The maximum Gasteiger partial charge on any atom is 0.412 e. The fourth-order valence-corrected chi connectivity index (χ4v) is 4.23. The van der Waals surface area contributed by atoms with Crippen molar-refractivity contribution in [3.8, 4) is 0 Å². The predicted molar refractivity (Wildman–Crippen MR) is 143 cm³/mol. The Morgan fingerprint density at radius 3 is 2.62 bits per heavy atom. The van der Waals surface area contributed by atoms with E-state index in [2.05, 4.69) is 10.3 Å². The molecule has 198 valence electrons. The van der Waals surface area contributed by atoms with Crippen LogP contribution in [0.3, 0.4) is 0 Å². The average Bonchev–Trinajstić information content (AvgIpc) is 2.84. The molecule has 0 bridgehead atoms. The number of carbonyl (C=O) groups excluding carboxylic acids is 2. The van der Waals surface area contributed by atoms with E-state index in [0.29, 0.717) is 37.1 Å². The van der Waals surface area contributed by atoms with Crippen LogP contribution in [-0.4, -0.2) is 52.3 Å². The Hall–Kier alpha value is -3.23. The Labute approximate surface area is 221 Å². The SMILES string of the molecule is CN(C(=O)CCc1ccc(F)cc1Cl)[C@@H](CCCC(C)(C)O)COC(=O)Nc1cc2ccccc2cn1. The van der Waals surface area contributed by atoms with Gasteiger partial charge in [-0.05, 0) is 68.7 Å². The van der Waals surface area contributed by atoms with Crippen LogP contribution in [0.25, 0.3) is 10.8 Å². The van der Waals surface area contributed by atoms with Crippen LogP contribution in [0, 0.1) is 5.82 Å². The molecule has 1 atom stereocenters. The monoisotopic (exact) mass is 529 g/mol. The molecule has 2 N–H and O–H groups in total. The first-order valence-corrected chi connectivity index (χ1v) is 12.6. The minimum atomic E-state index is -0.841. The van der Waals surface area contributed by atoms with E-state index in [4.69, 9.17) is 16.3 Å². The lowest BCUT2D eigenvalue weighted by molar-refractivity contribution is -0.133. The number of ether oxygens (including phenoxy) is 1. The molecule has 0 saturated carbocycles. The molecule has 0 fully saturated rings. The van der Waals surface area contributed by atoms with Crippen molar-refractivity contribution in [1.82, 2.24) is 9.88 Å². The zero-order valence-electron chi connectivity index (χ0n) is 21.3. The van der Waals surface area contributed by atoms with Crippen molar-refractivity contribution in [3.63, 3.8) is 0 Å². The number of anilines is 1. The second-order valence-electron chi connectivity index (χ2n) is 9.74. The quantitative estimate of drug-likeness (QED) is 0.319. The van der Waals surface area contributed by atoms with Crippen molar-refractivity contribution in [3.05, 3.63) is 71.1 Å². The highest BCUT2D eigenvalue weighted by atomic mass is 35.5. The summed E-state index contributed by atoms with van der Waals surface area (Å²) in [6, 6.07) is 13.1. The zero-order valence-corrected chi connectivity index (χ0v) is 22.1. The molecule has 7 nitrogen and oxygen atoms in total. The van der Waals surface area contributed by atoms with Gasteiger partial charge in [-0.2, -0.15) is 0 Å². The average molecular weight is 530 g/mol. The van der Waals surface area contributed by atoms with Gasteiger partial charge in [0.25, 0.3) is 0 Å². The summed E-state index contributed by atoms with van der Waals surface area (Å²) in [5.41, 5.74) is -0.159. The van der Waals surface area contributed by atoms with Gasteiger partial charge in [0.1, 0.15) is 18.2 Å². The van der Waals surface area contributed by atoms with Gasteiger partial charge in [-0.3, -0.25) is 10.1 Å². The van der Waals surface area contributed by atoms with E-state index in [-0.39, 0.29) is 24.0 Å². The smallest absolute Gasteiger partial charge is 0.412 e. The number of nitrogens with one attached hydrogen (secondary N) is 1. The molecule has 0 aliphatic heterocycles. The first-order valence-electron chi connectivity index (χ1n) is 12.2. The number of rotatable bonds is 11. The summed E-state index contributed by atoms with van der Waals surface area (Å²) < 4.78 is 18.8. The van der Waals surface area contributed by atoms with Gasteiger partial charge in [0.15, 0.2) is 0 Å². The van der Waals surface area contributed by atoms with E-state index in [1.807, 2.05) is 24.3 Å². The molecule has 2 amide bonds. The molecule has 0 saturated heterocycles. The van der Waals surface area contributed by atoms with Crippen LogP contribution in [0.1, 0.15) is 45.1 Å². The largest absolute Gasteiger partial charge is 0.447 e. The van der Waals surface area contributed by atoms with Gasteiger partial charge in [0.05, 0.1) is 11.6 Å². The third-order valence-electron chi connectivity index (χ3n) is 6.16. The van der Waals surface area contributed by atoms with Crippen LogP contribution >= 0.6 is 11.6 Å². The van der Waals surface area contributed by atoms with Gasteiger partial charge in [-0.1, -0.05) is 41.9 Å². The first kappa shape index (κ1) is 28.3. The van der Waals surface area contributed by atoms with Crippen LogP contribution in [0.5, 0.6) is 0 Å². The number of hydrogen-bond donors (Lipinski definition) is 2. The number of nitrogens with zero attached hydrogens (tertiary/aromatic N) is 2. The number of amides is 2. The molecule has 3 aromatic rings. The lowest BCUT2D eigenvalue weighted by atomic mass is 9.99. The molecule has 1 aromatic heterocycles. The Balaban J connectivity index is 1.60. The number of benzene rings is 2. The van der Waals surface area contributed by atoms with Crippen molar-refractivity contribution in [2.45, 2.75) is 57.6 Å². The van der Waals surface area contributed by atoms with Crippen LogP contribution in [0.2, 0.25) is 5.02 Å². The van der Waals surface area contributed by atoms with Crippen LogP contribution < -0.4 is 5.32 Å². The van der Waals surface area contributed by atoms with Gasteiger partial charge in [-0.25, -0.2) is 14.2 Å². The van der Waals surface area contributed by atoms with Gasteiger partial charge >= 0.3 is 6.09 Å². The van der Waals surface area contributed by atoms with Crippen LogP contribution in [0.4, 0.5) is 15.0 Å². The molecular weight excluding hydrogens is 497 g/mol. The number of fused-ring (bicyclic) bond motifs is 1. The second kappa shape index (κ2) is 12.8. The van der Waals surface area contributed by atoms with E-state index in [9.17, 15) is 19.1 Å². The van der Waals surface area contributed by atoms with E-state index >= 15 is 0 Å². The molecule has 3 rings (SSSR count). The lowest BCUT2D eigenvalue weighted by Gasteiger charge is -2.29. The number of carbonyl (C=O) groups is 2. The second-order valence-corrected chi connectivity index (χ2v) is 10.1. The number of hydrogen-bond acceptors (Lipinski definition) is 5. The molecule has 9 heteroatoms. The highest BCUT2D eigenvalue weighted by Crippen LogP contribution is 2.21. The van der Waals surface area contributed by atoms with Crippen LogP contribution in [-0.2, 0) is 16.0 Å². The van der Waals surface area contributed by atoms with Crippen LogP contribution in [0.15, 0.2) is 54.7 Å². The minimum Gasteiger partial charge on any atom is -0.447 e. The summed E-state index contributed by atoms with van der Waals surface area (Å²) in [6.07, 6.45) is 3.21. The minimum absolute atomic E-state index is 0.0230. The van der Waals surface area contributed by atoms with E-state index in [1.54, 1.807) is 44.1 Å². The van der Waals surface area contributed by atoms with Gasteiger partial charge in [0.2, 0.25) is 5.91 Å². The van der Waals surface area contributed by atoms with E-state index in [0.717, 1.165) is 10.8 Å². The van der Waals surface area contributed by atoms with Crippen molar-refractivity contribution >= 4 is 40.2 Å². The predicted octanol–water partition coefficient (Wildman–Crippen LogP) is 5.98. The number of aliphatic hydroxyl groups is 1. The van der Waals surface area contributed by atoms with Crippen molar-refractivity contribution < 1.29 is 23.8 Å². The third kappa shape index (κ3) is 8.98. The third-order valence-corrected chi connectivity index (χ3v) is 6.51. The Morgan fingerprint density at radius 2 is 1.92 bits per heavy atom. The summed E-state index contributed by atoms with van der Waals surface area (Å²) >= 11 is 6.09. The molecule has 0 aliphatic carbocycles. The first-order chi connectivity index (χ1) is 17.5. The highest BCUT2D eigenvalue weighted by molar-refractivity contribution is 6.31. The summed E-state index contributed by atoms with van der Waals surface area (Å²) in [5.74, 6) is -0.227. The molecule has 0 spiro atoms. The highest BCUT2D eigenvalue weighted by Gasteiger charge is 2.23. The maximum atomic E-state index is 13.3. The number of aromatic nitrogens is 1. The molecule has 1 heterocycles. The summed E-state index contributed by atoms with van der Waals surface area (Å²) in [4.78, 5) is 31.2. The molecule has 0 aliphatic rings. The van der Waals surface area contributed by atoms with Gasteiger partial charge in [-0.15, -0.1) is 0 Å². The molecule has 0 unspecified atom stereocenters. The lowest BCUT2D eigenvalue weighted by Crippen LogP contribution is -2.41. The number of likely N-dealkylation sites (N-methyl/N-ethyl adjacent to an activating group) is 1. The van der Waals surface area contributed by atoms with Gasteiger partial charge in [0, 0.05) is 30.1 Å². The number of pyridine rings is 1. The van der Waals surface area contributed by atoms with E-state index in [1.165, 1.54) is 12.1 Å². The molecule has 37 heavy (non-hydrogen) atoms. The summed E-state index contributed by atoms with van der Waals surface area (Å²) in [6.45, 7) is 3.43.